The van der Waals surface area contributed by atoms with Gasteiger partial charge < -0.3 is 13.9 Å². The zero-order valence-corrected chi connectivity index (χ0v) is 21.6. The highest BCUT2D eigenvalue weighted by Gasteiger charge is 2.45. The molecule has 8 nitrogen and oxygen atoms in total. The Morgan fingerprint density at radius 1 is 1.16 bits per heavy atom. The molecule has 0 spiro atoms. The van der Waals surface area contributed by atoms with Crippen LogP contribution in [0.2, 0.25) is 0 Å². The van der Waals surface area contributed by atoms with Gasteiger partial charge in [0.2, 0.25) is 5.76 Å². The first-order chi connectivity index (χ1) is 17.7. The molecule has 0 radical (unpaired) electrons. The van der Waals surface area contributed by atoms with Gasteiger partial charge in [-0.1, -0.05) is 36.1 Å². The molecular formula is C28H24N2O6S. The number of benzene rings is 2. The Hall–Kier alpha value is -4.24. The van der Waals surface area contributed by atoms with Crippen molar-refractivity contribution >= 4 is 39.3 Å². The van der Waals surface area contributed by atoms with E-state index in [1.165, 1.54) is 11.0 Å². The van der Waals surface area contributed by atoms with E-state index < -0.39 is 17.9 Å². The highest BCUT2D eigenvalue weighted by Crippen LogP contribution is 2.43. The number of aromatic nitrogens is 1. The molecule has 2 aromatic heterocycles. The third-order valence-electron chi connectivity index (χ3n) is 6.43. The van der Waals surface area contributed by atoms with Crippen molar-refractivity contribution in [2.45, 2.75) is 26.8 Å². The maximum atomic E-state index is 13.8. The molecule has 1 amide bonds. The van der Waals surface area contributed by atoms with Crippen molar-refractivity contribution in [2.24, 2.45) is 0 Å². The number of hydrogen-bond acceptors (Lipinski definition) is 8. The van der Waals surface area contributed by atoms with Gasteiger partial charge in [0.25, 0.3) is 5.91 Å². The molecule has 1 atom stereocenters. The fourth-order valence-electron chi connectivity index (χ4n) is 4.40. The lowest BCUT2D eigenvalue weighted by molar-refractivity contribution is 0.0554. The van der Waals surface area contributed by atoms with Crippen LogP contribution in [0, 0.1) is 20.8 Å². The first kappa shape index (κ1) is 24.5. The molecule has 188 valence electrons. The molecule has 0 saturated heterocycles. The zero-order valence-electron chi connectivity index (χ0n) is 20.8. The van der Waals surface area contributed by atoms with Gasteiger partial charge in [-0.2, -0.15) is 0 Å². The van der Waals surface area contributed by atoms with Crippen LogP contribution in [0.5, 0.6) is 5.75 Å². The second kappa shape index (κ2) is 9.33. The zero-order chi connectivity index (χ0) is 26.4. The maximum Gasteiger partial charge on any atom is 0.350 e. The lowest BCUT2D eigenvalue weighted by atomic mass is 9.97. The van der Waals surface area contributed by atoms with Crippen molar-refractivity contribution in [1.82, 2.24) is 4.98 Å². The number of esters is 1. The van der Waals surface area contributed by atoms with Crippen LogP contribution in [-0.4, -0.2) is 30.6 Å². The lowest BCUT2D eigenvalue weighted by Gasteiger charge is -2.22. The number of nitrogens with zero attached hydrogens (tertiary/aromatic N) is 2. The van der Waals surface area contributed by atoms with Crippen molar-refractivity contribution in [1.29, 1.82) is 0 Å². The summed E-state index contributed by atoms with van der Waals surface area (Å²) in [5.41, 5.74) is 3.28. The quantitative estimate of drug-likeness (QED) is 0.254. The van der Waals surface area contributed by atoms with E-state index in [0.717, 1.165) is 22.5 Å². The third kappa shape index (κ3) is 4.01. The van der Waals surface area contributed by atoms with Crippen LogP contribution in [-0.2, 0) is 4.74 Å². The number of fused-ring (bicyclic) bond motifs is 2. The summed E-state index contributed by atoms with van der Waals surface area (Å²) in [5, 5.41) is 0.662. The molecule has 5 rings (SSSR count). The summed E-state index contributed by atoms with van der Waals surface area (Å²) in [6, 6.07) is 9.86. The van der Waals surface area contributed by atoms with Gasteiger partial charge in [0, 0.05) is 0 Å². The number of carbonyl (C=O) groups excluding carboxylic acids is 2. The highest BCUT2D eigenvalue weighted by atomic mass is 32.1. The van der Waals surface area contributed by atoms with E-state index in [1.807, 2.05) is 13.8 Å². The van der Waals surface area contributed by atoms with Gasteiger partial charge in [-0.05, 0) is 61.7 Å². The minimum Gasteiger partial charge on any atom is -0.497 e. The molecule has 1 aliphatic rings. The molecule has 0 bridgehead atoms. The topological polar surface area (TPSA) is 98.9 Å². The average Bonchev–Trinajstić information content (AvgIpc) is 3.41. The molecular weight excluding hydrogens is 492 g/mol. The summed E-state index contributed by atoms with van der Waals surface area (Å²) < 4.78 is 16.5. The number of anilines is 1. The Bertz CT molecular complexity index is 1630. The number of aryl methyl sites for hydroxylation is 3. The Morgan fingerprint density at radius 3 is 2.54 bits per heavy atom. The predicted octanol–water partition coefficient (Wildman–Crippen LogP) is 5.28. The van der Waals surface area contributed by atoms with E-state index in [-0.39, 0.29) is 33.4 Å². The Labute approximate surface area is 216 Å². The second-order valence-electron chi connectivity index (χ2n) is 8.76. The van der Waals surface area contributed by atoms with Gasteiger partial charge in [0.15, 0.2) is 10.6 Å². The number of carbonyl (C=O) groups is 2. The number of hydrogen-bond donors (Lipinski definition) is 0. The SMILES string of the molecule is C=CCOC(=O)c1sc(N2C(=O)c3oc4cc(C)c(C)cc4c(=O)c3C2c2ccc(OC)cc2)nc1C. The van der Waals surface area contributed by atoms with E-state index in [2.05, 4.69) is 11.6 Å². The van der Waals surface area contributed by atoms with Crippen LogP contribution < -0.4 is 15.1 Å². The normalized spacial score (nSPS) is 14.6. The Balaban J connectivity index is 1.72. The average molecular weight is 517 g/mol. The molecule has 1 unspecified atom stereocenters. The molecule has 9 heteroatoms. The predicted molar refractivity (Wildman–Crippen MR) is 141 cm³/mol. The van der Waals surface area contributed by atoms with Gasteiger partial charge in [-0.25, -0.2) is 9.78 Å². The minimum absolute atomic E-state index is 0.0368. The third-order valence-corrected chi connectivity index (χ3v) is 7.56. The number of methoxy groups -OCH3 is 1. The number of rotatable bonds is 6. The van der Waals surface area contributed by atoms with Gasteiger partial charge in [0.1, 0.15) is 22.8 Å². The number of thiazole rings is 1. The summed E-state index contributed by atoms with van der Waals surface area (Å²) in [7, 11) is 1.56. The summed E-state index contributed by atoms with van der Waals surface area (Å²) >= 11 is 1.03. The highest BCUT2D eigenvalue weighted by molar-refractivity contribution is 7.17. The van der Waals surface area contributed by atoms with E-state index in [0.29, 0.717) is 28.0 Å². The lowest BCUT2D eigenvalue weighted by Crippen LogP contribution is -2.29. The standard InChI is InChI=1S/C28H24N2O6S/c1-6-11-35-27(33)25-16(4)29-28(37-25)30-22(17-7-9-18(34-5)10-8-17)21-23(31)19-12-14(2)15(3)13-20(19)36-24(21)26(30)32/h6-10,12-13,22H,1,11H2,2-5H3. The van der Waals surface area contributed by atoms with E-state index >= 15 is 0 Å². The molecule has 2 aromatic carbocycles. The molecule has 37 heavy (non-hydrogen) atoms. The summed E-state index contributed by atoms with van der Waals surface area (Å²) in [6.45, 7) is 9.12. The van der Waals surface area contributed by atoms with E-state index in [4.69, 9.17) is 13.9 Å². The molecule has 0 saturated carbocycles. The smallest absolute Gasteiger partial charge is 0.350 e. The number of amides is 1. The second-order valence-corrected chi connectivity index (χ2v) is 9.73. The molecule has 4 aromatic rings. The van der Waals surface area contributed by atoms with Crippen molar-refractivity contribution < 1.29 is 23.5 Å². The van der Waals surface area contributed by atoms with Crippen LogP contribution in [0.3, 0.4) is 0 Å². The summed E-state index contributed by atoms with van der Waals surface area (Å²) in [4.78, 5) is 46.4. The molecule has 3 heterocycles. The van der Waals surface area contributed by atoms with Gasteiger partial charge in [0.05, 0.1) is 29.8 Å². The van der Waals surface area contributed by atoms with Crippen LogP contribution in [0.1, 0.15) is 54.2 Å². The fourth-order valence-corrected chi connectivity index (χ4v) is 5.39. The van der Waals surface area contributed by atoms with Crippen molar-refractivity contribution in [3.05, 3.63) is 97.9 Å². The Morgan fingerprint density at radius 2 is 1.86 bits per heavy atom. The van der Waals surface area contributed by atoms with E-state index in [9.17, 15) is 14.4 Å². The monoisotopic (exact) mass is 516 g/mol. The molecule has 0 aliphatic carbocycles. The first-order valence-corrected chi connectivity index (χ1v) is 12.4. The van der Waals surface area contributed by atoms with Gasteiger partial charge in [-0.15, -0.1) is 0 Å². The van der Waals surface area contributed by atoms with Gasteiger partial charge >= 0.3 is 5.97 Å². The van der Waals surface area contributed by atoms with E-state index in [1.54, 1.807) is 50.4 Å². The van der Waals surface area contributed by atoms with Crippen molar-refractivity contribution in [2.75, 3.05) is 18.6 Å². The molecule has 1 aliphatic heterocycles. The van der Waals surface area contributed by atoms with Gasteiger partial charge in [-0.3, -0.25) is 14.5 Å². The van der Waals surface area contributed by atoms with Crippen molar-refractivity contribution in [3.63, 3.8) is 0 Å². The minimum atomic E-state index is -0.807. The fraction of sp³-hybridized carbons (Fsp3) is 0.214. The van der Waals surface area contributed by atoms with Crippen LogP contribution in [0.4, 0.5) is 5.13 Å². The Kier molecular flexibility index (Phi) is 6.16. The molecule has 0 N–H and O–H groups in total. The van der Waals surface area contributed by atoms with Crippen LogP contribution in [0.25, 0.3) is 11.0 Å². The largest absolute Gasteiger partial charge is 0.497 e. The van der Waals surface area contributed by atoms with Crippen molar-refractivity contribution in [3.8, 4) is 5.75 Å². The summed E-state index contributed by atoms with van der Waals surface area (Å²) in [5.74, 6) is -0.468. The molecule has 0 fully saturated rings. The summed E-state index contributed by atoms with van der Waals surface area (Å²) in [6.07, 6.45) is 1.47. The maximum absolute atomic E-state index is 13.8. The number of ether oxygens (including phenoxy) is 2. The first-order valence-electron chi connectivity index (χ1n) is 11.6. The van der Waals surface area contributed by atoms with Crippen LogP contribution in [0.15, 0.2) is 58.3 Å². The van der Waals surface area contributed by atoms with Crippen LogP contribution >= 0.6 is 11.3 Å².